The Hall–Kier alpha value is -2.68. The summed E-state index contributed by atoms with van der Waals surface area (Å²) < 4.78 is 10.6. The number of anilines is 2. The minimum absolute atomic E-state index is 0.0457. The quantitative estimate of drug-likeness (QED) is 0.631. The molecule has 26 heavy (non-hydrogen) atoms. The largest absolute Gasteiger partial charge is 0.456 e. The predicted octanol–water partition coefficient (Wildman–Crippen LogP) is 3.04. The highest BCUT2D eigenvalue weighted by Gasteiger charge is 2.11. The van der Waals surface area contributed by atoms with Gasteiger partial charge in [0.25, 0.3) is 5.91 Å². The number of carbonyl (C=O) groups is 3. The predicted molar refractivity (Wildman–Crippen MR) is 97.5 cm³/mol. The minimum Gasteiger partial charge on any atom is -0.456 e. The molecule has 0 unspecified atom stereocenters. The van der Waals surface area contributed by atoms with E-state index in [9.17, 15) is 14.4 Å². The van der Waals surface area contributed by atoms with E-state index in [1.807, 2.05) is 12.1 Å². The standard InChI is InChI=1S/C17H18BrN3O5/c1-11-9-14(21-26-11)20-16(23)10-25-17(24)4-2-3-15(22)19-13-7-5-12(18)6-8-13/h5-9H,2-4,10H2,1H3,(H,19,22)(H,20,21,23). The smallest absolute Gasteiger partial charge is 0.306 e. The van der Waals surface area contributed by atoms with Gasteiger partial charge in [-0.15, -0.1) is 0 Å². The van der Waals surface area contributed by atoms with E-state index in [0.29, 0.717) is 17.9 Å². The lowest BCUT2D eigenvalue weighted by atomic mass is 10.2. The molecule has 2 aromatic rings. The summed E-state index contributed by atoms with van der Waals surface area (Å²) in [5.74, 6) is -0.446. The van der Waals surface area contributed by atoms with Gasteiger partial charge >= 0.3 is 5.97 Å². The lowest BCUT2D eigenvalue weighted by molar-refractivity contribution is -0.147. The van der Waals surface area contributed by atoms with Crippen molar-refractivity contribution in [3.05, 3.63) is 40.6 Å². The van der Waals surface area contributed by atoms with Crippen LogP contribution in [0.3, 0.4) is 0 Å². The molecule has 0 bridgehead atoms. The molecule has 2 N–H and O–H groups in total. The summed E-state index contributed by atoms with van der Waals surface area (Å²) >= 11 is 3.31. The first-order chi connectivity index (χ1) is 12.4. The molecule has 0 aliphatic carbocycles. The average molecular weight is 424 g/mol. The van der Waals surface area contributed by atoms with Gasteiger partial charge in [-0.05, 0) is 37.6 Å². The van der Waals surface area contributed by atoms with E-state index in [1.54, 1.807) is 25.1 Å². The van der Waals surface area contributed by atoms with E-state index < -0.39 is 18.5 Å². The number of ether oxygens (including phenoxy) is 1. The molecular formula is C17H18BrN3O5. The second kappa shape index (κ2) is 9.71. The number of amides is 2. The first kappa shape index (κ1) is 19.6. The summed E-state index contributed by atoms with van der Waals surface area (Å²) in [6.07, 6.45) is 0.547. The van der Waals surface area contributed by atoms with Crippen molar-refractivity contribution in [2.75, 3.05) is 17.2 Å². The molecule has 2 amide bonds. The Morgan fingerprint density at radius 3 is 2.50 bits per heavy atom. The van der Waals surface area contributed by atoms with Crippen LogP contribution in [0.25, 0.3) is 0 Å². The van der Waals surface area contributed by atoms with Crippen molar-refractivity contribution in [2.24, 2.45) is 0 Å². The number of aryl methyl sites for hydroxylation is 1. The first-order valence-corrected chi connectivity index (χ1v) is 8.66. The molecule has 2 rings (SSSR count). The number of halogens is 1. The summed E-state index contributed by atoms with van der Waals surface area (Å²) in [7, 11) is 0. The van der Waals surface area contributed by atoms with Crippen LogP contribution in [0.15, 0.2) is 39.3 Å². The Balaban J connectivity index is 1.60. The number of rotatable bonds is 8. The number of hydrogen-bond donors (Lipinski definition) is 2. The zero-order chi connectivity index (χ0) is 18.9. The second-order valence-electron chi connectivity index (χ2n) is 5.44. The number of nitrogens with zero attached hydrogens (tertiary/aromatic N) is 1. The molecule has 0 saturated carbocycles. The Bertz CT molecular complexity index is 773. The molecule has 0 radical (unpaired) electrons. The lowest BCUT2D eigenvalue weighted by Gasteiger charge is -2.06. The van der Waals surface area contributed by atoms with Crippen LogP contribution in [-0.2, 0) is 19.1 Å². The van der Waals surface area contributed by atoms with E-state index in [-0.39, 0.29) is 24.6 Å². The van der Waals surface area contributed by atoms with Crippen molar-refractivity contribution >= 4 is 45.2 Å². The third-order valence-electron chi connectivity index (χ3n) is 3.17. The fraction of sp³-hybridized carbons (Fsp3) is 0.294. The van der Waals surface area contributed by atoms with Crippen LogP contribution in [0, 0.1) is 6.92 Å². The van der Waals surface area contributed by atoms with Crippen LogP contribution >= 0.6 is 15.9 Å². The zero-order valence-electron chi connectivity index (χ0n) is 14.1. The fourth-order valence-electron chi connectivity index (χ4n) is 1.97. The number of carbonyl (C=O) groups excluding carboxylic acids is 3. The van der Waals surface area contributed by atoms with Gasteiger partial charge in [0.1, 0.15) is 5.76 Å². The third kappa shape index (κ3) is 7.06. The van der Waals surface area contributed by atoms with Crippen molar-refractivity contribution in [1.82, 2.24) is 5.16 Å². The maximum absolute atomic E-state index is 11.8. The fourth-order valence-corrected chi connectivity index (χ4v) is 2.24. The summed E-state index contributed by atoms with van der Waals surface area (Å²) in [5.41, 5.74) is 0.681. The van der Waals surface area contributed by atoms with Gasteiger partial charge in [0, 0.05) is 29.1 Å². The number of benzene rings is 1. The number of aromatic nitrogens is 1. The highest BCUT2D eigenvalue weighted by Crippen LogP contribution is 2.14. The van der Waals surface area contributed by atoms with Crippen molar-refractivity contribution < 1.29 is 23.6 Å². The molecule has 0 atom stereocenters. The minimum atomic E-state index is -0.548. The molecule has 9 heteroatoms. The Labute approximate surface area is 158 Å². The molecule has 0 aliphatic rings. The van der Waals surface area contributed by atoms with Gasteiger partial charge < -0.3 is 19.9 Å². The maximum Gasteiger partial charge on any atom is 0.306 e. The summed E-state index contributed by atoms with van der Waals surface area (Å²) in [6, 6.07) is 8.72. The van der Waals surface area contributed by atoms with Gasteiger partial charge in [0.15, 0.2) is 12.4 Å². The Morgan fingerprint density at radius 1 is 1.12 bits per heavy atom. The normalized spacial score (nSPS) is 10.2. The molecule has 8 nitrogen and oxygen atoms in total. The van der Waals surface area contributed by atoms with Gasteiger partial charge in [-0.1, -0.05) is 21.1 Å². The number of esters is 1. The molecule has 1 aromatic heterocycles. The van der Waals surface area contributed by atoms with Gasteiger partial charge in [0.2, 0.25) is 5.91 Å². The molecule has 0 aliphatic heterocycles. The molecule has 1 aromatic carbocycles. The van der Waals surface area contributed by atoms with Crippen molar-refractivity contribution in [2.45, 2.75) is 26.2 Å². The summed E-state index contributed by atoms with van der Waals surface area (Å²) in [5, 5.41) is 8.76. The molecule has 0 spiro atoms. The van der Waals surface area contributed by atoms with Crippen LogP contribution in [-0.4, -0.2) is 29.5 Å². The van der Waals surface area contributed by atoms with Crippen LogP contribution in [0.4, 0.5) is 11.5 Å². The van der Waals surface area contributed by atoms with Crippen LogP contribution in [0.5, 0.6) is 0 Å². The third-order valence-corrected chi connectivity index (χ3v) is 3.70. The second-order valence-corrected chi connectivity index (χ2v) is 6.36. The Kier molecular flexibility index (Phi) is 7.34. The van der Waals surface area contributed by atoms with Crippen molar-refractivity contribution in [3.63, 3.8) is 0 Å². The van der Waals surface area contributed by atoms with E-state index in [2.05, 4.69) is 31.7 Å². The highest BCUT2D eigenvalue weighted by atomic mass is 79.9. The number of hydrogen-bond acceptors (Lipinski definition) is 6. The van der Waals surface area contributed by atoms with Gasteiger partial charge in [0.05, 0.1) is 0 Å². The van der Waals surface area contributed by atoms with E-state index >= 15 is 0 Å². The highest BCUT2D eigenvalue weighted by molar-refractivity contribution is 9.10. The Morgan fingerprint density at radius 2 is 1.85 bits per heavy atom. The van der Waals surface area contributed by atoms with Crippen LogP contribution in [0.2, 0.25) is 0 Å². The van der Waals surface area contributed by atoms with Crippen molar-refractivity contribution in [3.8, 4) is 0 Å². The molecule has 0 saturated heterocycles. The number of nitrogens with one attached hydrogen (secondary N) is 2. The van der Waals surface area contributed by atoms with Gasteiger partial charge in [-0.25, -0.2) is 0 Å². The zero-order valence-corrected chi connectivity index (χ0v) is 15.7. The van der Waals surface area contributed by atoms with Gasteiger partial charge in [-0.3, -0.25) is 14.4 Å². The molecule has 1 heterocycles. The summed E-state index contributed by atoms with van der Waals surface area (Å²) in [4.78, 5) is 35.0. The molecule has 138 valence electrons. The lowest BCUT2D eigenvalue weighted by Crippen LogP contribution is -2.21. The molecule has 0 fully saturated rings. The van der Waals surface area contributed by atoms with E-state index in [4.69, 9.17) is 9.26 Å². The van der Waals surface area contributed by atoms with Gasteiger partial charge in [-0.2, -0.15) is 0 Å². The topological polar surface area (TPSA) is 111 Å². The molecular weight excluding hydrogens is 406 g/mol. The SMILES string of the molecule is Cc1cc(NC(=O)COC(=O)CCCC(=O)Nc2ccc(Br)cc2)no1. The van der Waals surface area contributed by atoms with Crippen LogP contribution in [0.1, 0.15) is 25.0 Å². The monoisotopic (exact) mass is 423 g/mol. The van der Waals surface area contributed by atoms with E-state index in [1.165, 1.54) is 0 Å². The van der Waals surface area contributed by atoms with Crippen molar-refractivity contribution in [1.29, 1.82) is 0 Å². The average Bonchev–Trinajstić information content (AvgIpc) is 3.00. The first-order valence-electron chi connectivity index (χ1n) is 7.86. The summed E-state index contributed by atoms with van der Waals surface area (Å²) in [6.45, 7) is 1.27. The maximum atomic E-state index is 11.8. The van der Waals surface area contributed by atoms with E-state index in [0.717, 1.165) is 4.47 Å². The van der Waals surface area contributed by atoms with Crippen LogP contribution < -0.4 is 10.6 Å².